The van der Waals surface area contributed by atoms with Gasteiger partial charge in [0.25, 0.3) is 0 Å². The number of nitrogens with zero attached hydrogens (tertiary/aromatic N) is 1. The number of hydrogen-bond donors (Lipinski definition) is 1. The second-order valence-electron chi connectivity index (χ2n) is 4.30. The first-order chi connectivity index (χ1) is 7.50. The molecule has 0 saturated heterocycles. The van der Waals surface area contributed by atoms with E-state index in [0.717, 1.165) is 19.3 Å². The Bertz CT molecular complexity index is 295. The van der Waals surface area contributed by atoms with Gasteiger partial charge in [0.15, 0.2) is 5.78 Å². The summed E-state index contributed by atoms with van der Waals surface area (Å²) in [5.74, 6) is -1.35. The first kappa shape index (κ1) is 12.7. The lowest BCUT2D eigenvalue weighted by atomic mass is 9.89. The average molecular weight is 227 g/mol. The monoisotopic (exact) mass is 227 g/mol. The Morgan fingerprint density at radius 2 is 2.06 bits per heavy atom. The van der Waals surface area contributed by atoms with Gasteiger partial charge in [0, 0.05) is 6.92 Å². The summed E-state index contributed by atoms with van der Waals surface area (Å²) in [6.07, 6.45) is 3.91. The minimum Gasteiger partial charge on any atom is -0.476 e. The molecule has 0 heterocycles. The van der Waals surface area contributed by atoms with Crippen molar-refractivity contribution >= 4 is 17.5 Å². The minimum absolute atomic E-state index is 0.0579. The number of rotatable bonds is 4. The molecule has 5 nitrogen and oxygen atoms in total. The van der Waals surface area contributed by atoms with Crippen molar-refractivity contribution in [2.45, 2.75) is 45.6 Å². The van der Waals surface area contributed by atoms with Crippen LogP contribution in [0.25, 0.3) is 0 Å². The van der Waals surface area contributed by atoms with Crippen LogP contribution in [0.5, 0.6) is 0 Å². The van der Waals surface area contributed by atoms with Crippen LogP contribution in [0.3, 0.4) is 0 Å². The zero-order chi connectivity index (χ0) is 12.1. The Balaban J connectivity index is 2.55. The van der Waals surface area contributed by atoms with E-state index < -0.39 is 17.5 Å². The summed E-state index contributed by atoms with van der Waals surface area (Å²) < 4.78 is 0. The molecular weight excluding hydrogens is 210 g/mol. The third-order valence-corrected chi connectivity index (χ3v) is 2.72. The van der Waals surface area contributed by atoms with Crippen molar-refractivity contribution in [3.63, 3.8) is 0 Å². The highest BCUT2D eigenvalue weighted by molar-refractivity contribution is 6.63. The molecule has 2 unspecified atom stereocenters. The van der Waals surface area contributed by atoms with E-state index in [2.05, 4.69) is 12.1 Å². The Labute approximate surface area is 94.5 Å². The highest BCUT2D eigenvalue weighted by Crippen LogP contribution is 2.25. The molecule has 5 heteroatoms. The molecule has 0 aromatic rings. The van der Waals surface area contributed by atoms with Gasteiger partial charge in [-0.05, 0) is 25.2 Å². The fourth-order valence-corrected chi connectivity index (χ4v) is 1.86. The maximum atomic E-state index is 10.9. The molecule has 90 valence electrons. The van der Waals surface area contributed by atoms with Crippen molar-refractivity contribution in [1.82, 2.24) is 0 Å². The number of hydrogen-bond acceptors (Lipinski definition) is 4. The largest absolute Gasteiger partial charge is 0.476 e. The Kier molecular flexibility index (Phi) is 4.46. The van der Waals surface area contributed by atoms with Crippen LogP contribution >= 0.6 is 0 Å². The number of carbonyl (C=O) groups excluding carboxylic acids is 1. The molecule has 0 bridgehead atoms. The molecule has 1 saturated carbocycles. The van der Waals surface area contributed by atoms with Gasteiger partial charge in [0.2, 0.25) is 5.71 Å². The van der Waals surface area contributed by atoms with Crippen molar-refractivity contribution < 1.29 is 19.5 Å². The zero-order valence-corrected chi connectivity index (χ0v) is 9.60. The van der Waals surface area contributed by atoms with Crippen LogP contribution in [0.15, 0.2) is 5.16 Å². The second kappa shape index (κ2) is 5.63. The van der Waals surface area contributed by atoms with Gasteiger partial charge in [0.05, 0.1) is 0 Å². The standard InChI is InChI=1S/C11H17NO4/c1-7-4-3-5-9(6-7)16-12-10(8(2)13)11(14)15/h7,9H,3-6H2,1-2H3,(H,14,15). The topological polar surface area (TPSA) is 76.0 Å². The van der Waals surface area contributed by atoms with E-state index in [1.54, 1.807) is 0 Å². The maximum absolute atomic E-state index is 10.9. The summed E-state index contributed by atoms with van der Waals surface area (Å²) in [7, 11) is 0. The van der Waals surface area contributed by atoms with Gasteiger partial charge in [-0.15, -0.1) is 0 Å². The van der Waals surface area contributed by atoms with E-state index >= 15 is 0 Å². The van der Waals surface area contributed by atoms with Gasteiger partial charge in [-0.1, -0.05) is 18.5 Å². The van der Waals surface area contributed by atoms with Crippen LogP contribution in [-0.2, 0) is 14.4 Å². The number of carboxylic acid groups (broad SMARTS) is 1. The van der Waals surface area contributed by atoms with Crippen molar-refractivity contribution in [3.05, 3.63) is 0 Å². The van der Waals surface area contributed by atoms with Gasteiger partial charge in [0.1, 0.15) is 6.10 Å². The molecule has 1 fully saturated rings. The zero-order valence-electron chi connectivity index (χ0n) is 9.60. The molecule has 1 rings (SSSR count). The van der Waals surface area contributed by atoms with E-state index in [1.165, 1.54) is 13.3 Å². The van der Waals surface area contributed by atoms with Gasteiger partial charge < -0.3 is 9.94 Å². The predicted molar refractivity (Wildman–Crippen MR) is 58.3 cm³/mol. The lowest BCUT2D eigenvalue weighted by molar-refractivity contribution is -0.130. The molecule has 0 aromatic heterocycles. The van der Waals surface area contributed by atoms with Crippen molar-refractivity contribution in [2.75, 3.05) is 0 Å². The normalized spacial score (nSPS) is 26.2. The molecule has 16 heavy (non-hydrogen) atoms. The first-order valence-corrected chi connectivity index (χ1v) is 5.48. The summed E-state index contributed by atoms with van der Waals surface area (Å²) >= 11 is 0. The molecule has 2 atom stereocenters. The van der Waals surface area contributed by atoms with Crippen molar-refractivity contribution in [3.8, 4) is 0 Å². The van der Waals surface area contributed by atoms with Crippen LogP contribution in [-0.4, -0.2) is 28.7 Å². The fraction of sp³-hybridized carbons (Fsp3) is 0.727. The molecule has 0 spiro atoms. The summed E-state index contributed by atoms with van der Waals surface area (Å²) in [5, 5.41) is 12.1. The van der Waals surface area contributed by atoms with Gasteiger partial charge in [-0.25, -0.2) is 4.79 Å². The van der Waals surface area contributed by atoms with Crippen LogP contribution in [0.1, 0.15) is 39.5 Å². The minimum atomic E-state index is -1.34. The second-order valence-corrected chi connectivity index (χ2v) is 4.30. The Hall–Kier alpha value is -1.39. The average Bonchev–Trinajstić information content (AvgIpc) is 2.16. The number of carbonyl (C=O) groups is 2. The van der Waals surface area contributed by atoms with Gasteiger partial charge >= 0.3 is 5.97 Å². The summed E-state index contributed by atoms with van der Waals surface area (Å²) in [6, 6.07) is 0. The molecule has 1 aliphatic rings. The molecule has 0 amide bonds. The highest BCUT2D eigenvalue weighted by atomic mass is 16.6. The smallest absolute Gasteiger partial charge is 0.361 e. The quantitative estimate of drug-likeness (QED) is 0.449. The number of ketones is 1. The fourth-order valence-electron chi connectivity index (χ4n) is 1.86. The van der Waals surface area contributed by atoms with Crippen molar-refractivity contribution in [2.24, 2.45) is 11.1 Å². The lowest BCUT2D eigenvalue weighted by Crippen LogP contribution is -2.25. The molecule has 1 aliphatic carbocycles. The van der Waals surface area contributed by atoms with Crippen LogP contribution in [0.4, 0.5) is 0 Å². The summed E-state index contributed by atoms with van der Waals surface area (Å²) in [4.78, 5) is 26.7. The highest BCUT2D eigenvalue weighted by Gasteiger charge is 2.22. The Morgan fingerprint density at radius 1 is 1.38 bits per heavy atom. The van der Waals surface area contributed by atoms with Gasteiger partial charge in [-0.2, -0.15) is 0 Å². The maximum Gasteiger partial charge on any atom is 0.361 e. The van der Waals surface area contributed by atoms with E-state index in [-0.39, 0.29) is 6.10 Å². The van der Waals surface area contributed by atoms with Crippen LogP contribution < -0.4 is 0 Å². The Morgan fingerprint density at radius 3 is 2.56 bits per heavy atom. The van der Waals surface area contributed by atoms with Crippen LogP contribution in [0, 0.1) is 5.92 Å². The van der Waals surface area contributed by atoms with Crippen LogP contribution in [0.2, 0.25) is 0 Å². The SMILES string of the molecule is CC(=O)C(=NOC1CCCC(C)C1)C(=O)O. The lowest BCUT2D eigenvalue weighted by Gasteiger charge is -2.24. The van der Waals surface area contributed by atoms with E-state index in [1.807, 2.05) is 0 Å². The van der Waals surface area contributed by atoms with Gasteiger partial charge in [-0.3, -0.25) is 4.79 Å². The predicted octanol–water partition coefficient (Wildman–Crippen LogP) is 1.61. The molecule has 0 aromatic carbocycles. The van der Waals surface area contributed by atoms with E-state index in [0.29, 0.717) is 5.92 Å². The number of carboxylic acids is 1. The van der Waals surface area contributed by atoms with E-state index in [9.17, 15) is 9.59 Å². The third-order valence-electron chi connectivity index (χ3n) is 2.72. The van der Waals surface area contributed by atoms with Crippen molar-refractivity contribution in [1.29, 1.82) is 0 Å². The molecule has 1 N–H and O–H groups in total. The number of aliphatic carboxylic acids is 1. The molecular formula is C11H17NO4. The molecule has 0 radical (unpaired) electrons. The third kappa shape index (κ3) is 3.64. The number of Topliss-reactive ketones (excluding diaryl/α,β-unsaturated/α-hetero) is 1. The van der Waals surface area contributed by atoms with E-state index in [4.69, 9.17) is 9.94 Å². The number of oxime groups is 1. The molecule has 0 aliphatic heterocycles. The first-order valence-electron chi connectivity index (χ1n) is 5.48. The summed E-state index contributed by atoms with van der Waals surface area (Å²) in [5.41, 5.74) is -0.529. The summed E-state index contributed by atoms with van der Waals surface area (Å²) in [6.45, 7) is 3.29.